The molecule has 91 heavy (non-hydrogen) atoms. The molecule has 19 heteroatoms. The average Bonchev–Trinajstić information content (AvgIpc) is 3.42. The molecule has 0 aliphatic rings. The van der Waals surface area contributed by atoms with E-state index in [-0.39, 0.29) is 71.3 Å². The third-order valence-electron chi connectivity index (χ3n) is 16.1. The molecule has 0 radical (unpaired) electrons. The maximum absolute atomic E-state index is 6.78. The number of ether oxygens (including phenoxy) is 3. The van der Waals surface area contributed by atoms with Gasteiger partial charge >= 0.3 is 25.8 Å². The minimum absolute atomic E-state index is 0.214. The summed E-state index contributed by atoms with van der Waals surface area (Å²) in [6, 6.07) is 49.3. The summed E-state index contributed by atoms with van der Waals surface area (Å²) in [5, 5.41) is 1.28. The van der Waals surface area contributed by atoms with E-state index < -0.39 is 33.9 Å². The van der Waals surface area contributed by atoms with Gasteiger partial charge in [-0.3, -0.25) is 4.52 Å². The van der Waals surface area contributed by atoms with Crippen molar-refractivity contribution in [2.24, 2.45) is 0 Å². The van der Waals surface area contributed by atoms with Gasteiger partial charge < -0.3 is 59.4 Å². The van der Waals surface area contributed by atoms with Crippen LogP contribution in [-0.2, 0) is 41.4 Å². The molecule has 0 N–H and O–H groups in total. The van der Waals surface area contributed by atoms with Crippen molar-refractivity contribution >= 4 is 47.4 Å². The molecule has 0 spiro atoms. The summed E-state index contributed by atoms with van der Waals surface area (Å²) in [6.07, 6.45) is 5.93. The highest BCUT2D eigenvalue weighted by Crippen LogP contribution is 2.58. The van der Waals surface area contributed by atoms with Crippen molar-refractivity contribution in [3.05, 3.63) is 179 Å². The molecular formula is C72H103O14P5. The van der Waals surface area contributed by atoms with E-state index >= 15 is 0 Å². The number of benzene rings is 6. The molecule has 0 aliphatic carbocycles. The maximum atomic E-state index is 6.78. The van der Waals surface area contributed by atoms with Crippen LogP contribution in [0.4, 0.5) is 0 Å². The first-order valence-electron chi connectivity index (χ1n) is 32.8. The summed E-state index contributed by atoms with van der Waals surface area (Å²) in [5.74, 6) is 5.81. The van der Waals surface area contributed by atoms with Crippen LogP contribution in [0.25, 0.3) is 0 Å². The minimum atomic E-state index is -1.84. The highest BCUT2D eigenvalue weighted by atomic mass is 32.1. The Labute approximate surface area is 552 Å². The molecule has 500 valence electrons. The first-order chi connectivity index (χ1) is 44.4. The van der Waals surface area contributed by atoms with Crippen molar-refractivity contribution in [3.8, 4) is 28.7 Å². The Morgan fingerprint density at radius 3 is 0.802 bits per heavy atom. The van der Waals surface area contributed by atoms with E-state index in [1.165, 1.54) is 16.4 Å². The van der Waals surface area contributed by atoms with Crippen molar-refractivity contribution in [2.75, 3.05) is 79.3 Å². The third-order valence-corrected chi connectivity index (χ3v) is 23.0. The fourth-order valence-corrected chi connectivity index (χ4v) is 16.0. The molecule has 0 fully saturated rings. The Bertz CT molecular complexity index is 2620. The quantitative estimate of drug-likeness (QED) is 0.0265. The lowest BCUT2D eigenvalue weighted by atomic mass is 9.98. The minimum Gasteiger partial charge on any atom is -0.444 e. The molecule has 0 aromatic heterocycles. The molecule has 6 rings (SSSR count). The maximum Gasteiger partial charge on any atom is 0.463 e. The van der Waals surface area contributed by atoms with Gasteiger partial charge in [-0.15, -0.1) is 0 Å². The first-order valence-corrected chi connectivity index (χ1v) is 39.1. The highest BCUT2D eigenvalue weighted by Gasteiger charge is 2.26. The summed E-state index contributed by atoms with van der Waals surface area (Å²) in [6.45, 7) is 29.7. The van der Waals surface area contributed by atoms with Crippen LogP contribution in [0.5, 0.6) is 28.7 Å². The Morgan fingerprint density at radius 1 is 0.264 bits per heavy atom. The van der Waals surface area contributed by atoms with Gasteiger partial charge in [0.25, 0.3) is 8.06 Å². The highest BCUT2D eigenvalue weighted by molar-refractivity contribution is 8.20. The second-order valence-corrected chi connectivity index (χ2v) is 29.3. The predicted molar refractivity (Wildman–Crippen MR) is 378 cm³/mol. The number of hydrogen-bond acceptors (Lipinski definition) is 14. The smallest absolute Gasteiger partial charge is 0.444 e. The molecule has 14 nitrogen and oxygen atoms in total. The van der Waals surface area contributed by atoms with Crippen LogP contribution in [0.15, 0.2) is 146 Å². The van der Waals surface area contributed by atoms with Gasteiger partial charge in [-0.1, -0.05) is 198 Å². The average molecular weight is 1350 g/mol. The van der Waals surface area contributed by atoms with Crippen LogP contribution >= 0.6 is 42.1 Å². The molecule has 0 bridgehead atoms. The summed E-state index contributed by atoms with van der Waals surface area (Å²) < 4.78 is 89.1. The molecule has 0 aliphatic heterocycles. The second-order valence-electron chi connectivity index (χ2n) is 22.5. The van der Waals surface area contributed by atoms with Gasteiger partial charge in [-0.2, -0.15) is 0 Å². The van der Waals surface area contributed by atoms with E-state index in [4.69, 9.17) is 64.0 Å². The lowest BCUT2D eigenvalue weighted by Gasteiger charge is -2.23. The largest absolute Gasteiger partial charge is 0.463 e. The van der Waals surface area contributed by atoms with Gasteiger partial charge in [0.1, 0.15) is 28.7 Å². The topological polar surface area (TPSA) is 129 Å². The first kappa shape index (κ1) is 76.1. The van der Waals surface area contributed by atoms with Gasteiger partial charge in [0.15, 0.2) is 0 Å². The lowest BCUT2D eigenvalue weighted by Crippen LogP contribution is -2.13. The van der Waals surface area contributed by atoms with E-state index in [1.807, 2.05) is 78.9 Å². The number of hydrogen-bond donors (Lipinski definition) is 0. The van der Waals surface area contributed by atoms with Gasteiger partial charge in [-0.05, 0) is 143 Å². The van der Waals surface area contributed by atoms with E-state index in [2.05, 4.69) is 150 Å². The lowest BCUT2D eigenvalue weighted by molar-refractivity contribution is 0.0508. The molecule has 0 amide bonds. The van der Waals surface area contributed by atoms with Crippen LogP contribution < -0.4 is 27.9 Å². The number of para-hydroxylation sites is 5. The van der Waals surface area contributed by atoms with Gasteiger partial charge in [0.05, 0.1) is 79.3 Å². The van der Waals surface area contributed by atoms with Crippen LogP contribution in [-0.4, -0.2) is 79.3 Å². The zero-order valence-corrected chi connectivity index (χ0v) is 60.6. The summed E-state index contributed by atoms with van der Waals surface area (Å²) in [5.41, 5.74) is 6.96. The fourth-order valence-electron chi connectivity index (χ4n) is 9.38. The standard InChI is InChI=1S/C72H103O14P5/c1-13-55(7)61-31-19-25-37-67(61)82-88(78-51-45-74-47-53-80-90(84-69-39-27-21-33-63(69)57(9)15-3)85-70-40-28-22-34-64(70)58(10)16-4)76-49-43-73-44-50-77-89(83-68-38-26-20-32-62(68)56(8)14-2)79-52-46-75-48-54-81-91(86-71-41-29-23-35-65(71)59(11)17-5)87-72-42-30-24-36-66(72)60(12)18-6/h19-42,55-60,87H,13-18,43-54H2,1-12H3. The second kappa shape index (κ2) is 44.0. The van der Waals surface area contributed by atoms with Crippen molar-refractivity contribution in [1.82, 2.24) is 0 Å². The SMILES string of the molecule is CCC(C)c1ccccc1OP(OCCOCCOP(OCCOCCOP(Oc1ccccc1C(C)CC)Pc1ccccc1C(C)CC)Oc1ccccc1C(C)CC)OCCOCCOP(Oc1ccccc1C(C)CC)Oc1ccccc1C(C)CC. The van der Waals surface area contributed by atoms with Crippen molar-refractivity contribution in [2.45, 2.75) is 157 Å². The summed E-state index contributed by atoms with van der Waals surface area (Å²) in [7, 11) is -6.43. The fraction of sp³-hybridized carbons (Fsp3) is 0.500. The Kier molecular flexibility index (Phi) is 36.8. The van der Waals surface area contributed by atoms with E-state index in [0.29, 0.717) is 51.8 Å². The molecule has 0 heterocycles. The van der Waals surface area contributed by atoms with Crippen LogP contribution in [0.3, 0.4) is 0 Å². The molecule has 0 saturated carbocycles. The van der Waals surface area contributed by atoms with Crippen LogP contribution in [0, 0.1) is 0 Å². The molecule has 6 aromatic rings. The van der Waals surface area contributed by atoms with E-state index in [1.54, 1.807) is 0 Å². The van der Waals surface area contributed by atoms with Crippen molar-refractivity contribution < 1.29 is 64.0 Å². The van der Waals surface area contributed by atoms with Gasteiger partial charge in [-0.25, -0.2) is 0 Å². The van der Waals surface area contributed by atoms with E-state index in [0.717, 1.165) is 89.5 Å². The van der Waals surface area contributed by atoms with Gasteiger partial charge in [0, 0.05) is 8.27 Å². The van der Waals surface area contributed by atoms with Gasteiger partial charge in [0.2, 0.25) is 0 Å². The Balaban J connectivity index is 0.994. The number of rotatable bonds is 48. The summed E-state index contributed by atoms with van der Waals surface area (Å²) in [4.78, 5) is 0. The molecular weight excluding hydrogens is 1240 g/mol. The van der Waals surface area contributed by atoms with Crippen LogP contribution in [0.1, 0.15) is 190 Å². The monoisotopic (exact) mass is 1350 g/mol. The van der Waals surface area contributed by atoms with Crippen LogP contribution in [0.2, 0.25) is 0 Å². The zero-order valence-electron chi connectivity index (χ0n) is 56.1. The summed E-state index contributed by atoms with van der Waals surface area (Å²) >= 11 is 0. The predicted octanol–water partition coefficient (Wildman–Crippen LogP) is 21.5. The zero-order chi connectivity index (χ0) is 65.0. The molecule has 10 atom stereocenters. The van der Waals surface area contributed by atoms with E-state index in [9.17, 15) is 0 Å². The normalized spacial score (nSPS) is 15.1. The third kappa shape index (κ3) is 26.3. The molecule has 6 aromatic carbocycles. The Hall–Kier alpha value is -3.89. The van der Waals surface area contributed by atoms with Crippen molar-refractivity contribution in [3.63, 3.8) is 0 Å². The molecule has 10 unspecified atom stereocenters. The molecule has 0 saturated heterocycles. The Morgan fingerprint density at radius 2 is 0.495 bits per heavy atom. The van der Waals surface area contributed by atoms with Crippen molar-refractivity contribution in [1.29, 1.82) is 0 Å².